The molecule has 0 atom stereocenters. The summed E-state index contributed by atoms with van der Waals surface area (Å²) < 4.78 is 2.20. The van der Waals surface area contributed by atoms with Crippen molar-refractivity contribution in [2.75, 3.05) is 26.2 Å². The molecule has 6 nitrogen and oxygen atoms in total. The van der Waals surface area contributed by atoms with Crippen LogP contribution < -0.4 is 0 Å². The van der Waals surface area contributed by atoms with Crippen LogP contribution in [0.2, 0.25) is 0 Å². The maximum absolute atomic E-state index is 12.9. The molecule has 0 bridgehead atoms. The Morgan fingerprint density at radius 3 is 2.31 bits per heavy atom. The van der Waals surface area contributed by atoms with Crippen molar-refractivity contribution in [3.63, 3.8) is 0 Å². The van der Waals surface area contributed by atoms with E-state index in [4.69, 9.17) is 0 Å². The third-order valence-electron chi connectivity index (χ3n) is 5.17. The number of hydrogen-bond acceptors (Lipinski definition) is 2. The lowest BCUT2D eigenvalue weighted by atomic mass is 10.1. The molecule has 1 saturated heterocycles. The average Bonchev–Trinajstić information content (AvgIpc) is 3.21. The Balaban J connectivity index is 1.62. The van der Waals surface area contributed by atoms with Gasteiger partial charge in [-0.1, -0.05) is 0 Å². The quantitative estimate of drug-likeness (QED) is 0.915. The zero-order chi connectivity index (χ0) is 18.8. The summed E-state index contributed by atoms with van der Waals surface area (Å²) in [5, 5.41) is 0. The van der Waals surface area contributed by atoms with Gasteiger partial charge in [0.1, 0.15) is 0 Å². The Kier molecular flexibility index (Phi) is 5.20. The molecule has 1 fully saturated rings. The van der Waals surface area contributed by atoms with Crippen molar-refractivity contribution in [1.29, 1.82) is 0 Å². The highest BCUT2D eigenvalue weighted by molar-refractivity contribution is 5.96. The van der Waals surface area contributed by atoms with Crippen LogP contribution in [0.15, 0.2) is 24.5 Å². The van der Waals surface area contributed by atoms with Gasteiger partial charge in [0.15, 0.2) is 0 Å². The maximum Gasteiger partial charge on any atom is 0.255 e. The molecule has 1 N–H and O–H groups in total. The number of aromatic amines is 1. The van der Waals surface area contributed by atoms with E-state index in [1.165, 1.54) is 0 Å². The number of nitrogens with zero attached hydrogens (tertiary/aromatic N) is 3. The lowest BCUT2D eigenvalue weighted by Crippen LogP contribution is -2.51. The van der Waals surface area contributed by atoms with Crippen molar-refractivity contribution in [1.82, 2.24) is 19.4 Å². The molecule has 0 spiro atoms. The van der Waals surface area contributed by atoms with Gasteiger partial charge in [-0.15, -0.1) is 0 Å². The topological polar surface area (TPSA) is 61.3 Å². The summed E-state index contributed by atoms with van der Waals surface area (Å²) in [5.41, 5.74) is 3.91. The minimum atomic E-state index is 0.0720. The van der Waals surface area contributed by atoms with Gasteiger partial charge in [-0.05, 0) is 45.4 Å². The van der Waals surface area contributed by atoms with E-state index in [-0.39, 0.29) is 11.8 Å². The van der Waals surface area contributed by atoms with Crippen LogP contribution in [0.1, 0.15) is 47.2 Å². The molecule has 6 heteroatoms. The second kappa shape index (κ2) is 7.40. The zero-order valence-electron chi connectivity index (χ0n) is 16.1. The maximum atomic E-state index is 12.9. The van der Waals surface area contributed by atoms with Crippen LogP contribution in [-0.4, -0.2) is 57.3 Å². The van der Waals surface area contributed by atoms with Gasteiger partial charge >= 0.3 is 0 Å². The van der Waals surface area contributed by atoms with Gasteiger partial charge in [0.2, 0.25) is 5.91 Å². The smallest absolute Gasteiger partial charge is 0.255 e. The van der Waals surface area contributed by atoms with E-state index < -0.39 is 0 Å². The van der Waals surface area contributed by atoms with Gasteiger partial charge in [0.25, 0.3) is 5.91 Å². The number of nitrogens with one attached hydrogen (secondary N) is 1. The monoisotopic (exact) mass is 356 g/mol. The fourth-order valence-electron chi connectivity index (χ4n) is 3.87. The van der Waals surface area contributed by atoms with Crippen molar-refractivity contribution in [3.8, 4) is 0 Å². The van der Waals surface area contributed by atoms with Gasteiger partial charge in [-0.2, -0.15) is 0 Å². The molecule has 2 aromatic heterocycles. The summed E-state index contributed by atoms with van der Waals surface area (Å²) in [6.07, 6.45) is 4.09. The van der Waals surface area contributed by atoms with Crippen molar-refractivity contribution in [3.05, 3.63) is 47.0 Å². The molecule has 1 aliphatic rings. The molecule has 3 heterocycles. The number of carbonyl (C=O) groups is 2. The summed E-state index contributed by atoms with van der Waals surface area (Å²) in [6.45, 7) is 10.7. The number of piperazine rings is 1. The fraction of sp³-hybridized carbons (Fsp3) is 0.500. The summed E-state index contributed by atoms with van der Waals surface area (Å²) in [5.74, 6) is 0.192. The molecule has 0 radical (unpaired) electrons. The molecule has 2 aromatic rings. The first-order valence-corrected chi connectivity index (χ1v) is 9.25. The van der Waals surface area contributed by atoms with Crippen LogP contribution in [0.5, 0.6) is 0 Å². The van der Waals surface area contributed by atoms with E-state index in [0.717, 1.165) is 22.5 Å². The van der Waals surface area contributed by atoms with Gasteiger partial charge in [-0.3, -0.25) is 9.59 Å². The van der Waals surface area contributed by atoms with Gasteiger partial charge in [0, 0.05) is 56.0 Å². The Morgan fingerprint density at radius 1 is 1.12 bits per heavy atom. The Labute approximate surface area is 154 Å². The predicted molar refractivity (Wildman–Crippen MR) is 101 cm³/mol. The minimum absolute atomic E-state index is 0.0720. The molecule has 1 aliphatic heterocycles. The van der Waals surface area contributed by atoms with Gasteiger partial charge in [-0.25, -0.2) is 0 Å². The SMILES string of the molecule is Cc1cc(C(=O)N2CCN(C(=O)Cc3cc[nH]c3)CC2)c(C)n1C(C)C. The first kappa shape index (κ1) is 18.3. The van der Waals surface area contributed by atoms with Crippen molar-refractivity contribution in [2.24, 2.45) is 0 Å². The molecule has 0 aromatic carbocycles. The second-order valence-corrected chi connectivity index (χ2v) is 7.32. The lowest BCUT2D eigenvalue weighted by Gasteiger charge is -2.35. The van der Waals surface area contributed by atoms with E-state index in [1.54, 1.807) is 0 Å². The van der Waals surface area contributed by atoms with E-state index in [1.807, 2.05) is 48.2 Å². The second-order valence-electron chi connectivity index (χ2n) is 7.32. The molecule has 26 heavy (non-hydrogen) atoms. The van der Waals surface area contributed by atoms with Crippen LogP contribution >= 0.6 is 0 Å². The zero-order valence-corrected chi connectivity index (χ0v) is 16.1. The van der Waals surface area contributed by atoms with Crippen LogP contribution in [0.25, 0.3) is 0 Å². The van der Waals surface area contributed by atoms with E-state index >= 15 is 0 Å². The minimum Gasteiger partial charge on any atom is -0.367 e. The van der Waals surface area contributed by atoms with E-state index in [2.05, 4.69) is 23.4 Å². The molecule has 0 saturated carbocycles. The van der Waals surface area contributed by atoms with E-state index in [9.17, 15) is 9.59 Å². The summed E-state index contributed by atoms with van der Waals surface area (Å²) in [6, 6.07) is 4.24. The lowest BCUT2D eigenvalue weighted by molar-refractivity contribution is -0.131. The van der Waals surface area contributed by atoms with Crippen molar-refractivity contribution >= 4 is 11.8 Å². The molecule has 0 aliphatic carbocycles. The summed E-state index contributed by atoms with van der Waals surface area (Å²) in [4.78, 5) is 32.0. The Hall–Kier alpha value is -2.50. The molecule has 140 valence electrons. The standard InChI is InChI=1S/C20H28N4O2/c1-14(2)24-15(3)11-18(16(24)4)20(26)23-9-7-22(8-10-23)19(25)12-17-5-6-21-13-17/h5-6,11,13-14,21H,7-10,12H2,1-4H3. The highest BCUT2D eigenvalue weighted by Gasteiger charge is 2.27. The molecular formula is C20H28N4O2. The van der Waals surface area contributed by atoms with E-state index in [0.29, 0.717) is 38.6 Å². The first-order valence-electron chi connectivity index (χ1n) is 9.25. The van der Waals surface area contributed by atoms with Gasteiger partial charge in [0.05, 0.1) is 12.0 Å². The normalized spacial score (nSPS) is 15.0. The summed E-state index contributed by atoms with van der Waals surface area (Å²) in [7, 11) is 0. The van der Waals surface area contributed by atoms with Crippen LogP contribution in [0, 0.1) is 13.8 Å². The number of amides is 2. The van der Waals surface area contributed by atoms with Gasteiger partial charge < -0.3 is 19.4 Å². The van der Waals surface area contributed by atoms with Crippen molar-refractivity contribution < 1.29 is 9.59 Å². The number of H-pyrrole nitrogens is 1. The Morgan fingerprint density at radius 2 is 1.77 bits per heavy atom. The fourth-order valence-corrected chi connectivity index (χ4v) is 3.87. The third-order valence-corrected chi connectivity index (χ3v) is 5.17. The largest absolute Gasteiger partial charge is 0.367 e. The third kappa shape index (κ3) is 3.54. The number of aryl methyl sites for hydroxylation is 1. The predicted octanol–water partition coefficient (Wildman–Crippen LogP) is 2.54. The summed E-state index contributed by atoms with van der Waals surface area (Å²) >= 11 is 0. The first-order chi connectivity index (χ1) is 12.4. The molecule has 0 unspecified atom stereocenters. The average molecular weight is 356 g/mol. The van der Waals surface area contributed by atoms with Crippen LogP contribution in [-0.2, 0) is 11.2 Å². The van der Waals surface area contributed by atoms with Crippen molar-refractivity contribution in [2.45, 2.75) is 40.2 Å². The highest BCUT2D eigenvalue weighted by Crippen LogP contribution is 2.22. The molecular weight excluding hydrogens is 328 g/mol. The van der Waals surface area contributed by atoms with Crippen LogP contribution in [0.3, 0.4) is 0 Å². The number of aromatic nitrogens is 2. The van der Waals surface area contributed by atoms with Crippen LogP contribution in [0.4, 0.5) is 0 Å². The number of carbonyl (C=O) groups excluding carboxylic acids is 2. The number of rotatable bonds is 4. The number of hydrogen-bond donors (Lipinski definition) is 1. The Bertz CT molecular complexity index is 781. The highest BCUT2D eigenvalue weighted by atomic mass is 16.2. The molecule has 3 rings (SSSR count). The molecule has 2 amide bonds.